The minimum Gasteiger partial charge on any atom is -0.497 e. The molecule has 7 aromatic rings. The van der Waals surface area contributed by atoms with Crippen LogP contribution in [-0.4, -0.2) is 95.1 Å². The van der Waals surface area contributed by atoms with Gasteiger partial charge in [-0.05, 0) is 69.0 Å². The molecule has 18 nitrogen and oxygen atoms in total. The van der Waals surface area contributed by atoms with Crippen molar-refractivity contribution < 1.29 is 51.8 Å². The average molecular weight is 1090 g/mol. The summed E-state index contributed by atoms with van der Waals surface area (Å²) < 4.78 is 67.4. The third-order valence-corrected chi connectivity index (χ3v) is 14.7. The van der Waals surface area contributed by atoms with Crippen LogP contribution in [0.3, 0.4) is 0 Å². The van der Waals surface area contributed by atoms with Gasteiger partial charge < -0.3 is 33.2 Å². The average Bonchev–Trinajstić information content (AvgIpc) is 4.08. The zero-order valence-corrected chi connectivity index (χ0v) is 43.1. The van der Waals surface area contributed by atoms with Gasteiger partial charge in [-0.2, -0.15) is 0 Å². The Bertz CT molecular complexity index is 3070. The van der Waals surface area contributed by atoms with Gasteiger partial charge in [0.1, 0.15) is 36.0 Å². The minimum absolute atomic E-state index is 0.0315. The van der Waals surface area contributed by atoms with Crippen LogP contribution in [0, 0.1) is 0 Å². The van der Waals surface area contributed by atoms with Gasteiger partial charge in [0.25, 0.3) is 5.56 Å². The zero-order chi connectivity index (χ0) is 51.8. The highest BCUT2D eigenvalue weighted by Crippen LogP contribution is 2.49. The Labute approximate surface area is 435 Å². The van der Waals surface area contributed by atoms with Gasteiger partial charge in [-0.25, -0.2) is 14.5 Å². The number of nitrogens with one attached hydrogen (secondary N) is 2. The number of nitrogens with zero attached hydrogens (tertiary/aromatic N) is 4. The SMILES string of the molecule is C=CCO[C@H]1[C@H](n2cnc3c(nc(Br)n3[C@@H]3O[C@H](COP(=O)(Nc4ccccc4)Nc4ccccc4)[C@@H](OC(C)=O)[C@H]3OC(C)=O)c2=O)CO[C@@H]1COC(c1ccccc1)(c1ccccc1)c1ccc(OC)cc1. The fourth-order valence-electron chi connectivity index (χ4n) is 9.32. The molecule has 2 aromatic heterocycles. The van der Waals surface area contributed by atoms with Crippen molar-refractivity contribution in [3.63, 3.8) is 0 Å². The highest BCUT2D eigenvalue weighted by molar-refractivity contribution is 9.10. The number of carbonyl (C=O) groups excluding carboxylic acids is 2. The van der Waals surface area contributed by atoms with E-state index in [0.29, 0.717) is 17.1 Å². The van der Waals surface area contributed by atoms with Crippen LogP contribution in [0.1, 0.15) is 42.8 Å². The maximum absolute atomic E-state index is 14.8. The summed E-state index contributed by atoms with van der Waals surface area (Å²) in [6.07, 6.45) is -3.56. The zero-order valence-electron chi connectivity index (χ0n) is 40.6. The quantitative estimate of drug-likeness (QED) is 0.0227. The molecule has 0 aliphatic carbocycles. The molecule has 2 saturated heterocycles. The predicted octanol–water partition coefficient (Wildman–Crippen LogP) is 8.99. The third kappa shape index (κ3) is 11.1. The second-order valence-corrected chi connectivity index (χ2v) is 19.9. The monoisotopic (exact) mass is 1090 g/mol. The number of ether oxygens (including phenoxy) is 7. The topological polar surface area (TPSA) is 202 Å². The van der Waals surface area contributed by atoms with Crippen molar-refractivity contribution in [3.05, 3.63) is 196 Å². The van der Waals surface area contributed by atoms with Gasteiger partial charge in [-0.15, -0.1) is 6.58 Å². The second kappa shape index (κ2) is 23.1. The molecule has 0 bridgehead atoms. The molecular weight excluding hydrogens is 1040 g/mol. The standard InChI is InChI=1S/C54H54BrN6O12P/c1-5-30-67-47-43(31-68-44(47)32-69-54(37-18-10-6-11-19-37,38-20-12-7-13-21-38)39-26-28-42(66-4)29-27-39)60-34-56-50-46(51(60)64)57-53(55)61(50)52-49(72-36(3)63)48(71-35(2)62)45(73-52)33-70-74(65,58-40-22-14-8-15-23-40)59-41-24-16-9-17-25-41/h5-29,34,43-45,47-49,52H,1,30-33H2,2-4H3,(H2,58,59,65)/t43-,44-,45-,47+,48-,49-,52-/m1/s1. The van der Waals surface area contributed by atoms with E-state index in [2.05, 4.69) is 37.7 Å². The van der Waals surface area contributed by atoms with E-state index in [0.717, 1.165) is 16.7 Å². The van der Waals surface area contributed by atoms with Crippen molar-refractivity contribution in [2.45, 2.75) is 62.2 Å². The molecule has 0 saturated carbocycles. The van der Waals surface area contributed by atoms with E-state index >= 15 is 0 Å². The van der Waals surface area contributed by atoms with E-state index in [-0.39, 0.29) is 35.7 Å². The molecule has 20 heteroatoms. The fraction of sp³-hybridized carbons (Fsp3) is 0.278. The van der Waals surface area contributed by atoms with E-state index in [9.17, 15) is 18.9 Å². The van der Waals surface area contributed by atoms with Crippen LogP contribution >= 0.6 is 23.6 Å². The van der Waals surface area contributed by atoms with Crippen LogP contribution in [0.25, 0.3) is 11.2 Å². The van der Waals surface area contributed by atoms with Gasteiger partial charge in [0, 0.05) is 25.2 Å². The number of anilines is 2. The Balaban J connectivity index is 1.02. The number of para-hydroxylation sites is 2. The number of hydrogen-bond acceptors (Lipinski definition) is 14. The molecule has 0 radical (unpaired) electrons. The molecule has 0 spiro atoms. The van der Waals surface area contributed by atoms with Gasteiger partial charge in [0.05, 0.1) is 39.6 Å². The number of benzene rings is 5. The smallest absolute Gasteiger partial charge is 0.391 e. The van der Waals surface area contributed by atoms with Gasteiger partial charge in [0.2, 0.25) is 0 Å². The number of aromatic nitrogens is 4. The molecule has 2 aliphatic heterocycles. The lowest BCUT2D eigenvalue weighted by atomic mass is 9.80. The van der Waals surface area contributed by atoms with Crippen LogP contribution in [0.2, 0.25) is 0 Å². The molecule has 0 amide bonds. The third-order valence-electron chi connectivity index (χ3n) is 12.6. The van der Waals surface area contributed by atoms with Crippen molar-refractivity contribution in [1.82, 2.24) is 19.1 Å². The lowest BCUT2D eigenvalue weighted by Gasteiger charge is -2.37. The number of esters is 2. The summed E-state index contributed by atoms with van der Waals surface area (Å²) in [7, 11) is -2.38. The van der Waals surface area contributed by atoms with E-state index in [4.69, 9.17) is 42.7 Å². The molecule has 0 unspecified atom stereocenters. The summed E-state index contributed by atoms with van der Waals surface area (Å²) in [5, 5.41) is 5.92. The number of halogens is 1. The number of fused-ring (bicyclic) bond motifs is 1. The largest absolute Gasteiger partial charge is 0.497 e. The van der Waals surface area contributed by atoms with E-state index < -0.39 is 80.2 Å². The normalized spacial score (nSPS) is 20.7. The van der Waals surface area contributed by atoms with Gasteiger partial charge in [0.15, 0.2) is 34.3 Å². The number of hydrogen-bond donors (Lipinski definition) is 2. The first-order valence-corrected chi connectivity index (χ1v) is 26.1. The maximum atomic E-state index is 14.8. The van der Waals surface area contributed by atoms with E-state index in [1.807, 2.05) is 97.1 Å². The van der Waals surface area contributed by atoms with Crippen molar-refractivity contribution >= 4 is 58.1 Å². The maximum Gasteiger partial charge on any atom is 0.391 e. The molecule has 2 N–H and O–H groups in total. The highest BCUT2D eigenvalue weighted by atomic mass is 79.9. The molecular formula is C54H54BrN6O12P. The highest BCUT2D eigenvalue weighted by Gasteiger charge is 2.52. The number of methoxy groups -OCH3 is 1. The van der Waals surface area contributed by atoms with Gasteiger partial charge in [-0.1, -0.05) is 115 Å². The molecule has 74 heavy (non-hydrogen) atoms. The Morgan fingerprint density at radius 3 is 1.89 bits per heavy atom. The van der Waals surface area contributed by atoms with Crippen molar-refractivity contribution in [1.29, 1.82) is 0 Å². The number of imidazole rings is 1. The van der Waals surface area contributed by atoms with Crippen LogP contribution < -0.4 is 20.5 Å². The molecule has 384 valence electrons. The van der Waals surface area contributed by atoms with Crippen LogP contribution in [0.15, 0.2) is 174 Å². The number of rotatable bonds is 21. The lowest BCUT2D eigenvalue weighted by Crippen LogP contribution is -2.41. The summed E-state index contributed by atoms with van der Waals surface area (Å²) in [5.74, 6) is -0.749. The van der Waals surface area contributed by atoms with Crippen molar-refractivity contribution in [3.8, 4) is 5.75 Å². The van der Waals surface area contributed by atoms with Crippen LogP contribution in [0.4, 0.5) is 11.4 Å². The molecule has 2 aliphatic rings. The van der Waals surface area contributed by atoms with Gasteiger partial charge in [-0.3, -0.25) is 38.2 Å². The van der Waals surface area contributed by atoms with Crippen molar-refractivity contribution in [2.75, 3.05) is 43.7 Å². The molecule has 2 fully saturated rings. The molecule has 7 atom stereocenters. The Morgan fingerprint density at radius 2 is 1.34 bits per heavy atom. The van der Waals surface area contributed by atoms with Gasteiger partial charge >= 0.3 is 19.6 Å². The fourth-order valence-corrected chi connectivity index (χ4v) is 11.4. The first-order chi connectivity index (χ1) is 35.9. The molecule has 4 heterocycles. The summed E-state index contributed by atoms with van der Waals surface area (Å²) in [4.78, 5) is 49.6. The predicted molar refractivity (Wildman–Crippen MR) is 279 cm³/mol. The molecule has 5 aromatic carbocycles. The summed E-state index contributed by atoms with van der Waals surface area (Å²) >= 11 is 3.51. The van der Waals surface area contributed by atoms with Crippen molar-refractivity contribution in [2.24, 2.45) is 0 Å². The second-order valence-electron chi connectivity index (χ2n) is 17.4. The number of carbonyl (C=O) groups is 2. The minimum atomic E-state index is -4.00. The first-order valence-electron chi connectivity index (χ1n) is 23.7. The Kier molecular flexibility index (Phi) is 16.2. The van der Waals surface area contributed by atoms with E-state index in [1.54, 1.807) is 61.7 Å². The van der Waals surface area contributed by atoms with Crippen LogP contribution in [-0.2, 0) is 52.7 Å². The lowest BCUT2D eigenvalue weighted by molar-refractivity contribution is -0.165. The Hall–Kier alpha value is -6.96. The summed E-state index contributed by atoms with van der Waals surface area (Å²) in [6, 6.07) is 44.4. The Morgan fingerprint density at radius 1 is 0.784 bits per heavy atom. The first kappa shape index (κ1) is 51.9. The summed E-state index contributed by atoms with van der Waals surface area (Å²) in [5.41, 5.74) is 1.90. The summed E-state index contributed by atoms with van der Waals surface area (Å²) in [6.45, 7) is 6.04. The van der Waals surface area contributed by atoms with Crippen LogP contribution in [0.5, 0.6) is 5.75 Å². The van der Waals surface area contributed by atoms with E-state index in [1.165, 1.54) is 29.3 Å². The molecule has 9 rings (SSSR count).